The molecule has 1 amide bonds. The predicted octanol–water partition coefficient (Wildman–Crippen LogP) is 0.0899. The molecule has 0 atom stereocenters. The fraction of sp³-hybridized carbons (Fsp3) is 0.154. The zero-order valence-electron chi connectivity index (χ0n) is 12.8. The molecule has 11 heteroatoms. The summed E-state index contributed by atoms with van der Waals surface area (Å²) in [7, 11) is 0. The Balaban J connectivity index is 1.86. The van der Waals surface area contributed by atoms with Gasteiger partial charge >= 0.3 is 0 Å². The van der Waals surface area contributed by atoms with E-state index in [0.29, 0.717) is 11.4 Å². The van der Waals surface area contributed by atoms with E-state index in [1.165, 1.54) is 0 Å². The summed E-state index contributed by atoms with van der Waals surface area (Å²) in [6, 6.07) is 3.61. The first kappa shape index (κ1) is 15.3. The molecule has 0 unspecified atom stereocenters. The van der Waals surface area contributed by atoms with Crippen LogP contribution in [0.25, 0.3) is 5.82 Å². The van der Waals surface area contributed by atoms with E-state index in [0.717, 1.165) is 10.2 Å². The Bertz CT molecular complexity index is 897. The Morgan fingerprint density at radius 1 is 1.42 bits per heavy atom. The van der Waals surface area contributed by atoms with Crippen molar-refractivity contribution in [3.63, 3.8) is 0 Å². The van der Waals surface area contributed by atoms with E-state index >= 15 is 0 Å². The molecule has 0 saturated heterocycles. The molecular formula is C13H13N9O2. The quantitative estimate of drug-likeness (QED) is 0.505. The van der Waals surface area contributed by atoms with Gasteiger partial charge < -0.3 is 5.73 Å². The number of anilines is 1. The van der Waals surface area contributed by atoms with Gasteiger partial charge in [-0.1, -0.05) is 11.3 Å². The van der Waals surface area contributed by atoms with Gasteiger partial charge in [-0.3, -0.25) is 9.78 Å². The molecule has 3 heterocycles. The molecule has 0 fully saturated rings. The Labute approximate surface area is 135 Å². The summed E-state index contributed by atoms with van der Waals surface area (Å²) in [5.41, 5.74) is 9.95. The lowest BCUT2D eigenvalue weighted by Crippen LogP contribution is -2.24. The van der Waals surface area contributed by atoms with Gasteiger partial charge in [0.05, 0.1) is 11.4 Å². The second-order valence-corrected chi connectivity index (χ2v) is 4.79. The van der Waals surface area contributed by atoms with Crippen molar-refractivity contribution in [3.8, 4) is 5.82 Å². The minimum absolute atomic E-state index is 0.0102. The summed E-state index contributed by atoms with van der Waals surface area (Å²) in [6.07, 6.45) is 3.29. The van der Waals surface area contributed by atoms with Crippen LogP contribution >= 0.6 is 0 Å². The number of nitrogens with zero attached hydrogens (tertiary/aromatic N) is 7. The second kappa shape index (κ2) is 6.24. The third-order valence-electron chi connectivity index (χ3n) is 3.15. The molecule has 3 aromatic heterocycles. The van der Waals surface area contributed by atoms with E-state index in [4.69, 9.17) is 5.73 Å². The predicted molar refractivity (Wildman–Crippen MR) is 82.3 cm³/mol. The molecule has 0 radical (unpaired) electrons. The van der Waals surface area contributed by atoms with Crippen LogP contribution in [0.15, 0.2) is 34.3 Å². The summed E-state index contributed by atoms with van der Waals surface area (Å²) in [5, 5.41) is 18.8. The van der Waals surface area contributed by atoms with Crippen molar-refractivity contribution in [2.45, 2.75) is 13.8 Å². The molecule has 24 heavy (non-hydrogen) atoms. The number of pyridine rings is 1. The fourth-order valence-corrected chi connectivity index (χ4v) is 1.93. The number of carbonyl (C=O) groups is 1. The van der Waals surface area contributed by atoms with Crippen molar-refractivity contribution in [3.05, 3.63) is 41.5 Å². The lowest BCUT2D eigenvalue weighted by molar-refractivity contribution is 0.0946. The topological polar surface area (TPSA) is 150 Å². The maximum atomic E-state index is 12.4. The van der Waals surface area contributed by atoms with Crippen LogP contribution in [-0.4, -0.2) is 41.9 Å². The van der Waals surface area contributed by atoms with Crippen molar-refractivity contribution in [1.29, 1.82) is 0 Å². The third kappa shape index (κ3) is 2.82. The van der Waals surface area contributed by atoms with Gasteiger partial charge in [-0.15, -0.1) is 5.10 Å². The molecule has 122 valence electrons. The molecule has 0 aliphatic heterocycles. The standard InChI is InChI=1S/C13H13N9O2/c1-7(9-4-3-5-15-6-9)16-18-13(23)10-8(2)17-21-22(10)12-11(14)19-24-20-12/h3-6H,1-2H3,(H2,14,19)(H,18,23)/b16-7+. The largest absolute Gasteiger partial charge is 0.378 e. The van der Waals surface area contributed by atoms with E-state index in [-0.39, 0.29) is 17.3 Å². The number of hydrazone groups is 1. The second-order valence-electron chi connectivity index (χ2n) is 4.79. The average Bonchev–Trinajstić information content (AvgIpc) is 3.18. The summed E-state index contributed by atoms with van der Waals surface area (Å²) >= 11 is 0. The normalized spacial score (nSPS) is 11.5. The highest BCUT2D eigenvalue weighted by molar-refractivity contribution is 6.00. The average molecular weight is 327 g/mol. The number of nitrogens with two attached hydrogens (primary N) is 1. The summed E-state index contributed by atoms with van der Waals surface area (Å²) in [4.78, 5) is 16.4. The van der Waals surface area contributed by atoms with Crippen molar-refractivity contribution in [1.82, 2.24) is 35.7 Å². The number of nitrogens with one attached hydrogen (secondary N) is 1. The van der Waals surface area contributed by atoms with Gasteiger partial charge in [0.1, 0.15) is 0 Å². The molecule has 11 nitrogen and oxygen atoms in total. The van der Waals surface area contributed by atoms with Crippen molar-refractivity contribution < 1.29 is 9.42 Å². The molecular weight excluding hydrogens is 314 g/mol. The van der Waals surface area contributed by atoms with Crippen LogP contribution in [0.5, 0.6) is 0 Å². The number of nitrogen functional groups attached to an aromatic ring is 1. The number of hydrogen-bond donors (Lipinski definition) is 2. The van der Waals surface area contributed by atoms with E-state index < -0.39 is 5.91 Å². The molecule has 0 aromatic carbocycles. The van der Waals surface area contributed by atoms with Gasteiger partial charge in [0.25, 0.3) is 5.91 Å². The highest BCUT2D eigenvalue weighted by atomic mass is 16.6. The van der Waals surface area contributed by atoms with Gasteiger partial charge in [-0.25, -0.2) is 10.1 Å². The van der Waals surface area contributed by atoms with Crippen LogP contribution in [0.2, 0.25) is 0 Å². The van der Waals surface area contributed by atoms with E-state index in [2.05, 4.69) is 40.8 Å². The zero-order chi connectivity index (χ0) is 17.1. The number of rotatable bonds is 4. The first-order valence-electron chi connectivity index (χ1n) is 6.83. The number of carbonyl (C=O) groups excluding carboxylic acids is 1. The lowest BCUT2D eigenvalue weighted by Gasteiger charge is -2.04. The molecule has 3 N–H and O–H groups in total. The summed E-state index contributed by atoms with van der Waals surface area (Å²) in [6.45, 7) is 3.37. The summed E-state index contributed by atoms with van der Waals surface area (Å²) < 4.78 is 5.66. The van der Waals surface area contributed by atoms with Crippen molar-refractivity contribution in [2.24, 2.45) is 5.10 Å². The maximum Gasteiger partial charge on any atom is 0.292 e. The Morgan fingerprint density at radius 2 is 2.25 bits per heavy atom. The first-order chi connectivity index (χ1) is 11.6. The molecule has 0 spiro atoms. The van der Waals surface area contributed by atoms with Gasteiger partial charge in [0.15, 0.2) is 5.69 Å². The molecule has 3 rings (SSSR count). The Hall–Kier alpha value is -3.63. The SMILES string of the molecule is C/C(=N\NC(=O)c1c(C)nnn1-c1nonc1N)c1cccnc1. The monoisotopic (exact) mass is 327 g/mol. The third-order valence-corrected chi connectivity index (χ3v) is 3.15. The van der Waals surface area contributed by atoms with Crippen LogP contribution in [0.3, 0.4) is 0 Å². The van der Waals surface area contributed by atoms with Crippen molar-refractivity contribution in [2.75, 3.05) is 5.73 Å². The highest BCUT2D eigenvalue weighted by Crippen LogP contribution is 2.15. The van der Waals surface area contributed by atoms with Crippen LogP contribution in [0, 0.1) is 6.92 Å². The van der Waals surface area contributed by atoms with Gasteiger partial charge in [-0.2, -0.15) is 9.78 Å². The number of aromatic nitrogens is 6. The number of aryl methyl sites for hydroxylation is 1. The molecule has 3 aromatic rings. The Morgan fingerprint density at radius 3 is 2.92 bits per heavy atom. The molecule has 0 saturated carbocycles. The van der Waals surface area contributed by atoms with Crippen LogP contribution < -0.4 is 11.2 Å². The first-order valence-corrected chi connectivity index (χ1v) is 6.83. The van der Waals surface area contributed by atoms with Crippen LogP contribution in [0.4, 0.5) is 5.82 Å². The number of hydrogen-bond acceptors (Lipinski definition) is 9. The fourth-order valence-electron chi connectivity index (χ4n) is 1.93. The highest BCUT2D eigenvalue weighted by Gasteiger charge is 2.22. The van der Waals surface area contributed by atoms with Crippen LogP contribution in [0.1, 0.15) is 28.7 Å². The van der Waals surface area contributed by atoms with Gasteiger partial charge in [0.2, 0.25) is 11.6 Å². The molecule has 0 aliphatic rings. The maximum absolute atomic E-state index is 12.4. The lowest BCUT2D eigenvalue weighted by atomic mass is 10.2. The van der Waals surface area contributed by atoms with Gasteiger partial charge in [-0.05, 0) is 30.2 Å². The molecule has 0 aliphatic carbocycles. The van der Waals surface area contributed by atoms with E-state index in [1.54, 1.807) is 32.3 Å². The van der Waals surface area contributed by atoms with E-state index in [1.807, 2.05) is 6.07 Å². The smallest absolute Gasteiger partial charge is 0.292 e. The van der Waals surface area contributed by atoms with E-state index in [9.17, 15) is 4.79 Å². The molecule has 0 bridgehead atoms. The summed E-state index contributed by atoms with van der Waals surface area (Å²) in [5.74, 6) is -0.458. The van der Waals surface area contributed by atoms with Crippen molar-refractivity contribution >= 4 is 17.4 Å². The minimum Gasteiger partial charge on any atom is -0.378 e. The van der Waals surface area contributed by atoms with Crippen LogP contribution in [-0.2, 0) is 0 Å². The number of amides is 1. The minimum atomic E-state index is -0.525. The Kier molecular flexibility index (Phi) is 3.97. The van der Waals surface area contributed by atoms with Gasteiger partial charge in [0, 0.05) is 18.0 Å². The zero-order valence-corrected chi connectivity index (χ0v) is 12.8.